The minimum atomic E-state index is -0.304. The molecule has 0 fully saturated rings. The third-order valence-electron chi connectivity index (χ3n) is 3.23. The van der Waals surface area contributed by atoms with E-state index in [0.717, 1.165) is 15.2 Å². The number of benzene rings is 1. The van der Waals surface area contributed by atoms with Gasteiger partial charge in [-0.2, -0.15) is 0 Å². The Morgan fingerprint density at radius 2 is 2.14 bits per heavy atom. The number of hydrazine groups is 1. The van der Waals surface area contributed by atoms with Crippen molar-refractivity contribution in [3.8, 4) is 0 Å². The highest BCUT2D eigenvalue weighted by Gasteiger charge is 2.21. The first kappa shape index (κ1) is 16.5. The van der Waals surface area contributed by atoms with Gasteiger partial charge in [0.15, 0.2) is 0 Å². The first-order valence-corrected chi connectivity index (χ1v) is 8.34. The number of thiazole rings is 1. The van der Waals surface area contributed by atoms with Crippen LogP contribution in [-0.4, -0.2) is 4.98 Å². The Balaban J connectivity index is 2.23. The van der Waals surface area contributed by atoms with Crippen LogP contribution in [0.3, 0.4) is 0 Å². The molecule has 0 aliphatic rings. The number of nitrogens with two attached hydrogens (primary N) is 1. The molecule has 1 unspecified atom stereocenters. The molecule has 114 valence electrons. The predicted molar refractivity (Wildman–Crippen MR) is 88.7 cm³/mol. The maximum atomic E-state index is 14.0. The van der Waals surface area contributed by atoms with Crippen molar-refractivity contribution in [1.82, 2.24) is 10.4 Å². The van der Waals surface area contributed by atoms with Crippen molar-refractivity contribution < 1.29 is 4.39 Å². The fourth-order valence-electron chi connectivity index (χ4n) is 1.96. The topological polar surface area (TPSA) is 50.9 Å². The summed E-state index contributed by atoms with van der Waals surface area (Å²) in [5, 5.41) is 3.00. The van der Waals surface area contributed by atoms with Crippen molar-refractivity contribution in [2.24, 2.45) is 5.84 Å². The third kappa shape index (κ3) is 4.10. The van der Waals surface area contributed by atoms with Crippen molar-refractivity contribution >= 4 is 27.3 Å². The summed E-state index contributed by atoms with van der Waals surface area (Å²) in [5.74, 6) is 5.34. The van der Waals surface area contributed by atoms with Gasteiger partial charge in [0.05, 0.1) is 16.7 Å². The lowest BCUT2D eigenvalue weighted by Crippen LogP contribution is -2.30. The third-order valence-corrected chi connectivity index (χ3v) is 4.60. The SMILES string of the molecule is CC(C)(C)c1csc(CC(NN)c2cc(Br)ccc2F)n1. The summed E-state index contributed by atoms with van der Waals surface area (Å²) in [6.45, 7) is 6.37. The normalized spacial score (nSPS) is 13.4. The average molecular weight is 372 g/mol. The monoisotopic (exact) mass is 371 g/mol. The van der Waals surface area contributed by atoms with Gasteiger partial charge in [-0.15, -0.1) is 11.3 Å². The van der Waals surface area contributed by atoms with E-state index in [0.29, 0.717) is 12.0 Å². The molecule has 0 radical (unpaired) electrons. The number of halogens is 2. The Morgan fingerprint density at radius 3 is 2.71 bits per heavy atom. The van der Waals surface area contributed by atoms with E-state index in [1.165, 1.54) is 6.07 Å². The Morgan fingerprint density at radius 1 is 1.43 bits per heavy atom. The van der Waals surface area contributed by atoms with Crippen molar-refractivity contribution in [2.75, 3.05) is 0 Å². The van der Waals surface area contributed by atoms with E-state index >= 15 is 0 Å². The van der Waals surface area contributed by atoms with E-state index in [2.05, 4.69) is 52.5 Å². The van der Waals surface area contributed by atoms with Crippen LogP contribution in [0.5, 0.6) is 0 Å². The molecule has 0 bridgehead atoms. The van der Waals surface area contributed by atoms with Crippen LogP contribution in [0.1, 0.15) is 43.1 Å². The minimum Gasteiger partial charge on any atom is -0.271 e. The number of nitrogens with zero attached hydrogens (tertiary/aromatic N) is 1. The van der Waals surface area contributed by atoms with Gasteiger partial charge in [-0.25, -0.2) is 9.37 Å². The highest BCUT2D eigenvalue weighted by Crippen LogP contribution is 2.28. The zero-order valence-corrected chi connectivity index (χ0v) is 14.7. The molecule has 21 heavy (non-hydrogen) atoms. The number of aromatic nitrogens is 1. The van der Waals surface area contributed by atoms with Crippen LogP contribution in [-0.2, 0) is 11.8 Å². The fraction of sp³-hybridized carbons (Fsp3) is 0.400. The first-order valence-electron chi connectivity index (χ1n) is 6.67. The molecule has 1 aromatic carbocycles. The van der Waals surface area contributed by atoms with E-state index in [4.69, 9.17) is 5.84 Å². The molecule has 0 saturated heterocycles. The lowest BCUT2D eigenvalue weighted by atomic mass is 9.93. The molecule has 1 atom stereocenters. The summed E-state index contributed by atoms with van der Waals surface area (Å²) in [4.78, 5) is 4.64. The Labute approximate surface area is 136 Å². The molecule has 1 heterocycles. The largest absolute Gasteiger partial charge is 0.271 e. The lowest BCUT2D eigenvalue weighted by Gasteiger charge is -2.17. The van der Waals surface area contributed by atoms with Gasteiger partial charge in [0.25, 0.3) is 0 Å². The fourth-order valence-corrected chi connectivity index (χ4v) is 3.41. The molecule has 0 amide bonds. The molecule has 6 heteroatoms. The summed E-state index contributed by atoms with van der Waals surface area (Å²) in [5.41, 5.74) is 4.29. The second-order valence-electron chi connectivity index (χ2n) is 5.97. The van der Waals surface area contributed by atoms with Crippen molar-refractivity contribution in [1.29, 1.82) is 0 Å². The van der Waals surface area contributed by atoms with Crippen LogP contribution in [0, 0.1) is 5.82 Å². The Hall–Kier alpha value is -0.820. The minimum absolute atomic E-state index is 0.0153. The summed E-state index contributed by atoms with van der Waals surface area (Å²) < 4.78 is 14.8. The van der Waals surface area contributed by atoms with Gasteiger partial charge in [0, 0.05) is 27.3 Å². The quantitative estimate of drug-likeness (QED) is 0.628. The van der Waals surface area contributed by atoms with Crippen molar-refractivity contribution in [3.05, 3.63) is 50.1 Å². The molecule has 0 aliphatic heterocycles. The summed E-state index contributed by atoms with van der Waals surface area (Å²) in [7, 11) is 0. The Kier molecular flexibility index (Phi) is 5.14. The lowest BCUT2D eigenvalue weighted by molar-refractivity contribution is 0.506. The zero-order chi connectivity index (χ0) is 15.6. The number of nitrogens with one attached hydrogen (secondary N) is 1. The van der Waals surface area contributed by atoms with Gasteiger partial charge in [0.1, 0.15) is 5.82 Å². The van der Waals surface area contributed by atoms with Crippen molar-refractivity contribution in [3.63, 3.8) is 0 Å². The highest BCUT2D eigenvalue weighted by atomic mass is 79.9. The van der Waals surface area contributed by atoms with Crippen LogP contribution in [0.15, 0.2) is 28.1 Å². The van der Waals surface area contributed by atoms with E-state index in [1.54, 1.807) is 23.5 Å². The van der Waals surface area contributed by atoms with Crippen molar-refractivity contribution in [2.45, 2.75) is 38.6 Å². The summed E-state index contributed by atoms with van der Waals surface area (Å²) in [6, 6.07) is 4.55. The summed E-state index contributed by atoms with van der Waals surface area (Å²) >= 11 is 4.95. The molecule has 2 rings (SSSR count). The van der Waals surface area contributed by atoms with E-state index in [9.17, 15) is 4.39 Å². The molecule has 1 aromatic heterocycles. The molecular weight excluding hydrogens is 353 g/mol. The molecular formula is C15H19BrFN3S. The van der Waals surface area contributed by atoms with E-state index in [1.807, 2.05) is 0 Å². The molecule has 2 aromatic rings. The number of rotatable bonds is 4. The van der Waals surface area contributed by atoms with Gasteiger partial charge in [0.2, 0.25) is 0 Å². The standard InChI is InChI=1S/C15H19BrFN3S/c1-15(2,3)13-8-21-14(19-13)7-12(20-18)10-6-9(16)4-5-11(10)17/h4-6,8,12,20H,7,18H2,1-3H3. The van der Waals surface area contributed by atoms with Gasteiger partial charge in [-0.3, -0.25) is 11.3 Å². The predicted octanol–water partition coefficient (Wildman–Crippen LogP) is 4.09. The van der Waals surface area contributed by atoms with Gasteiger partial charge in [-0.1, -0.05) is 36.7 Å². The van der Waals surface area contributed by atoms with Gasteiger partial charge in [-0.05, 0) is 18.2 Å². The first-order chi connectivity index (χ1) is 9.81. The van der Waals surface area contributed by atoms with Gasteiger partial charge < -0.3 is 0 Å². The summed E-state index contributed by atoms with van der Waals surface area (Å²) in [6.07, 6.45) is 0.560. The maximum Gasteiger partial charge on any atom is 0.128 e. The average Bonchev–Trinajstić information content (AvgIpc) is 2.87. The van der Waals surface area contributed by atoms with Crippen LogP contribution >= 0.6 is 27.3 Å². The molecule has 0 aliphatic carbocycles. The zero-order valence-electron chi connectivity index (χ0n) is 12.3. The number of hydrogen-bond acceptors (Lipinski definition) is 4. The van der Waals surface area contributed by atoms with Gasteiger partial charge >= 0.3 is 0 Å². The van der Waals surface area contributed by atoms with Crippen LogP contribution in [0.2, 0.25) is 0 Å². The molecule has 0 saturated carbocycles. The maximum absolute atomic E-state index is 14.0. The number of hydrogen-bond donors (Lipinski definition) is 2. The van der Waals surface area contributed by atoms with E-state index < -0.39 is 0 Å². The second kappa shape index (κ2) is 6.52. The second-order valence-corrected chi connectivity index (χ2v) is 7.82. The Bertz CT molecular complexity index is 622. The molecule has 3 N–H and O–H groups in total. The van der Waals surface area contributed by atoms with Crippen LogP contribution in [0.25, 0.3) is 0 Å². The van der Waals surface area contributed by atoms with Crippen LogP contribution < -0.4 is 11.3 Å². The molecule has 0 spiro atoms. The smallest absolute Gasteiger partial charge is 0.128 e. The van der Waals surface area contributed by atoms with E-state index in [-0.39, 0.29) is 17.3 Å². The molecule has 3 nitrogen and oxygen atoms in total. The van der Waals surface area contributed by atoms with Crippen LogP contribution in [0.4, 0.5) is 4.39 Å². The highest BCUT2D eigenvalue weighted by molar-refractivity contribution is 9.10.